The van der Waals surface area contributed by atoms with Crippen LogP contribution in [0.1, 0.15) is 12.5 Å². The fourth-order valence-corrected chi connectivity index (χ4v) is 0.786. The maximum atomic E-state index is 2.95. The van der Waals surface area contributed by atoms with E-state index in [0.29, 0.717) is 0 Å². The first-order chi connectivity index (χ1) is 6.43. The lowest BCUT2D eigenvalue weighted by molar-refractivity contribution is 1.65. The minimum Gasteiger partial charge on any atom is -0.0792 e. The minimum atomic E-state index is 0.997. The molecule has 0 radical (unpaired) electrons. The summed E-state index contributed by atoms with van der Waals surface area (Å²) < 4.78 is 0. The average Bonchev–Trinajstić information content (AvgIpc) is 2.19. The van der Waals surface area contributed by atoms with Gasteiger partial charge in [-0.05, 0) is 37.0 Å². The van der Waals surface area contributed by atoms with E-state index in [1.165, 1.54) is 0 Å². The molecule has 0 fully saturated rings. The summed E-state index contributed by atoms with van der Waals surface area (Å²) in [7, 11) is 0. The summed E-state index contributed by atoms with van der Waals surface area (Å²) in [6.45, 7) is 1.93. The average molecular weight is 166 g/mol. The van der Waals surface area contributed by atoms with Gasteiger partial charge in [-0.3, -0.25) is 0 Å². The molecule has 0 spiro atoms. The van der Waals surface area contributed by atoms with Gasteiger partial charge in [0, 0.05) is 5.56 Å². The smallest absolute Gasteiger partial charge is 0.0255 e. The number of rotatable bonds is 0. The molecule has 0 unspecified atom stereocenters. The second-order valence-electron chi connectivity index (χ2n) is 2.39. The molecular formula is C13H10. The van der Waals surface area contributed by atoms with Crippen LogP contribution in [-0.2, 0) is 0 Å². The van der Waals surface area contributed by atoms with Crippen molar-refractivity contribution in [2.45, 2.75) is 6.92 Å². The van der Waals surface area contributed by atoms with E-state index < -0.39 is 0 Å². The fraction of sp³-hybridized carbons (Fsp3) is 0.0769. The molecule has 0 aliphatic heterocycles. The Bertz CT molecular complexity index is 388. The zero-order valence-corrected chi connectivity index (χ0v) is 7.54. The first kappa shape index (κ1) is 9.17. The largest absolute Gasteiger partial charge is 0.0792 e. The van der Waals surface area contributed by atoms with E-state index in [4.69, 9.17) is 0 Å². The van der Waals surface area contributed by atoms with E-state index >= 15 is 0 Å². The third kappa shape index (κ3) is 3.85. The Balaban J connectivity index is 2.65. The molecule has 0 saturated carbocycles. The predicted octanol–water partition coefficient (Wildman–Crippen LogP) is 2.62. The highest BCUT2D eigenvalue weighted by Gasteiger charge is 1.78. The van der Waals surface area contributed by atoms with Crippen molar-refractivity contribution in [2.75, 3.05) is 0 Å². The van der Waals surface area contributed by atoms with Gasteiger partial charge in [0.25, 0.3) is 0 Å². The van der Waals surface area contributed by atoms with Gasteiger partial charge in [0.15, 0.2) is 0 Å². The summed E-state index contributed by atoms with van der Waals surface area (Å²) in [6, 6.07) is 9.82. The first-order valence-corrected chi connectivity index (χ1v) is 4.11. The van der Waals surface area contributed by atoms with Gasteiger partial charge in [-0.25, -0.2) is 0 Å². The Labute approximate surface area is 79.3 Å². The van der Waals surface area contributed by atoms with Gasteiger partial charge < -0.3 is 0 Å². The standard InChI is InChI=1S/C13H10/c1-2-3-4-5-7-10-13-11-8-6-9-12-13/h2-3,6,8-9,11-12H,1H3/b3-2-. The van der Waals surface area contributed by atoms with Crippen LogP contribution in [0.25, 0.3) is 0 Å². The maximum absolute atomic E-state index is 2.95. The first-order valence-electron chi connectivity index (χ1n) is 4.11. The highest BCUT2D eigenvalue weighted by molar-refractivity contribution is 5.40. The van der Waals surface area contributed by atoms with E-state index in [1.807, 2.05) is 43.3 Å². The lowest BCUT2D eigenvalue weighted by Gasteiger charge is -1.83. The van der Waals surface area contributed by atoms with Crippen LogP contribution in [-0.4, -0.2) is 0 Å². The predicted molar refractivity (Wildman–Crippen MR) is 55.9 cm³/mol. The molecule has 0 N–H and O–H groups in total. The summed E-state index contributed by atoms with van der Waals surface area (Å²) >= 11 is 0. The number of benzene rings is 1. The molecule has 62 valence electrons. The third-order valence-corrected chi connectivity index (χ3v) is 1.37. The number of allylic oxidation sites excluding steroid dienone is 2. The zero-order valence-electron chi connectivity index (χ0n) is 7.54. The van der Waals surface area contributed by atoms with Crippen LogP contribution in [0.15, 0.2) is 42.5 Å². The summed E-state index contributed by atoms with van der Waals surface area (Å²) in [5, 5.41) is 0. The molecule has 0 nitrogen and oxygen atoms in total. The van der Waals surface area contributed by atoms with Crippen molar-refractivity contribution in [3.8, 4) is 23.7 Å². The molecule has 0 saturated heterocycles. The molecule has 0 atom stereocenters. The van der Waals surface area contributed by atoms with Gasteiger partial charge in [-0.2, -0.15) is 0 Å². The molecule has 1 rings (SSSR count). The number of hydrogen-bond donors (Lipinski definition) is 0. The zero-order chi connectivity index (χ0) is 9.36. The second kappa shape index (κ2) is 5.70. The molecule has 0 amide bonds. The van der Waals surface area contributed by atoms with Crippen molar-refractivity contribution in [3.05, 3.63) is 48.0 Å². The maximum Gasteiger partial charge on any atom is 0.0255 e. The summed E-state index contributed by atoms with van der Waals surface area (Å²) in [5.74, 6) is 11.3. The van der Waals surface area contributed by atoms with Gasteiger partial charge in [-0.15, -0.1) is 0 Å². The van der Waals surface area contributed by atoms with Crippen LogP contribution >= 0.6 is 0 Å². The molecule has 0 aromatic heterocycles. The van der Waals surface area contributed by atoms with E-state index in [-0.39, 0.29) is 0 Å². The lowest BCUT2D eigenvalue weighted by atomic mass is 10.2. The Morgan fingerprint density at radius 3 is 2.54 bits per heavy atom. The summed E-state index contributed by atoms with van der Waals surface area (Å²) in [5.41, 5.74) is 0.997. The van der Waals surface area contributed by atoms with Crippen LogP contribution in [0, 0.1) is 23.7 Å². The number of hydrogen-bond acceptors (Lipinski definition) is 0. The minimum absolute atomic E-state index is 0.997. The van der Waals surface area contributed by atoms with Crippen LogP contribution in [0.2, 0.25) is 0 Å². The van der Waals surface area contributed by atoms with Crippen LogP contribution < -0.4 is 0 Å². The lowest BCUT2D eigenvalue weighted by Crippen LogP contribution is -1.68. The SMILES string of the molecule is C/C=C\C#CC#Cc1ccccc1. The molecule has 1 aromatic carbocycles. The fourth-order valence-electron chi connectivity index (χ4n) is 0.786. The molecule has 0 bridgehead atoms. The Hall–Kier alpha value is -1.92. The molecule has 0 aliphatic rings. The van der Waals surface area contributed by atoms with E-state index in [2.05, 4.69) is 23.7 Å². The second-order valence-corrected chi connectivity index (χ2v) is 2.39. The van der Waals surface area contributed by atoms with Crippen LogP contribution in [0.3, 0.4) is 0 Å². The summed E-state index contributed by atoms with van der Waals surface area (Å²) in [4.78, 5) is 0. The topological polar surface area (TPSA) is 0 Å². The van der Waals surface area contributed by atoms with E-state index in [1.54, 1.807) is 6.08 Å². The van der Waals surface area contributed by atoms with E-state index in [9.17, 15) is 0 Å². The normalized spacial score (nSPS) is 8.38. The molecule has 1 aromatic rings. The quantitative estimate of drug-likeness (QED) is 0.520. The van der Waals surface area contributed by atoms with Gasteiger partial charge in [0.05, 0.1) is 0 Å². The van der Waals surface area contributed by atoms with E-state index in [0.717, 1.165) is 5.56 Å². The Morgan fingerprint density at radius 1 is 1.08 bits per heavy atom. The van der Waals surface area contributed by atoms with Crippen LogP contribution in [0.5, 0.6) is 0 Å². The molecule has 13 heavy (non-hydrogen) atoms. The third-order valence-electron chi connectivity index (χ3n) is 1.37. The molecular weight excluding hydrogens is 156 g/mol. The van der Waals surface area contributed by atoms with Gasteiger partial charge in [0.2, 0.25) is 0 Å². The van der Waals surface area contributed by atoms with Gasteiger partial charge in [-0.1, -0.05) is 36.1 Å². The Morgan fingerprint density at radius 2 is 1.85 bits per heavy atom. The van der Waals surface area contributed by atoms with Crippen molar-refractivity contribution in [2.24, 2.45) is 0 Å². The molecule has 0 heteroatoms. The highest BCUT2D eigenvalue weighted by Crippen LogP contribution is 1.93. The van der Waals surface area contributed by atoms with Crippen molar-refractivity contribution in [3.63, 3.8) is 0 Å². The van der Waals surface area contributed by atoms with Gasteiger partial charge >= 0.3 is 0 Å². The van der Waals surface area contributed by atoms with Gasteiger partial charge in [0.1, 0.15) is 0 Å². The van der Waals surface area contributed by atoms with Crippen LogP contribution in [0.4, 0.5) is 0 Å². The van der Waals surface area contributed by atoms with Crippen molar-refractivity contribution < 1.29 is 0 Å². The monoisotopic (exact) mass is 166 g/mol. The van der Waals surface area contributed by atoms with Crippen molar-refractivity contribution in [1.29, 1.82) is 0 Å². The van der Waals surface area contributed by atoms with Crippen molar-refractivity contribution >= 4 is 0 Å². The Kier molecular flexibility index (Phi) is 4.02. The summed E-state index contributed by atoms with van der Waals surface area (Å²) in [6.07, 6.45) is 3.66. The van der Waals surface area contributed by atoms with Crippen molar-refractivity contribution in [1.82, 2.24) is 0 Å². The highest BCUT2D eigenvalue weighted by atomic mass is 13.8. The molecule has 0 heterocycles. The molecule has 0 aliphatic carbocycles.